The van der Waals surface area contributed by atoms with Crippen LogP contribution >= 0.6 is 0 Å². The number of aromatic hydroxyl groups is 1. The fourth-order valence-electron chi connectivity index (χ4n) is 1.15. The fraction of sp³-hybridized carbons (Fsp3) is 0.200. The van der Waals surface area contributed by atoms with Gasteiger partial charge in [0, 0.05) is 19.2 Å². The second kappa shape index (κ2) is 5.69. The number of phenolic OH excluding ortho intramolecular Hbond substituents is 1. The molecule has 0 bridgehead atoms. The molecule has 1 aromatic rings. The Morgan fingerprint density at radius 2 is 1.94 bits per heavy atom. The van der Waals surface area contributed by atoms with Crippen molar-refractivity contribution in [2.45, 2.75) is 0 Å². The Hall–Kier alpha value is -2.31. The average Bonchev–Trinajstić information content (AvgIpc) is 2.23. The van der Waals surface area contributed by atoms with E-state index in [4.69, 9.17) is 10.8 Å². The Bertz CT molecular complexity index is 437. The standard InChI is InChI=1S/C10H12FN3O3/c11-8-5-6(15)1-2-7(8)9(16)13-3-4-14-10(12)17/h1-2,5,15H,3-4H2,(H,13,16)(H3,12,14,17). The highest BCUT2D eigenvalue weighted by Crippen LogP contribution is 2.14. The average molecular weight is 241 g/mol. The van der Waals surface area contributed by atoms with Gasteiger partial charge in [0.2, 0.25) is 0 Å². The van der Waals surface area contributed by atoms with Gasteiger partial charge in [0.05, 0.1) is 5.56 Å². The van der Waals surface area contributed by atoms with Crippen molar-refractivity contribution >= 4 is 11.9 Å². The van der Waals surface area contributed by atoms with Crippen LogP contribution in [0.5, 0.6) is 5.75 Å². The molecule has 0 atom stereocenters. The van der Waals surface area contributed by atoms with Crippen LogP contribution in [-0.2, 0) is 0 Å². The summed E-state index contributed by atoms with van der Waals surface area (Å²) in [6.07, 6.45) is 0. The van der Waals surface area contributed by atoms with Crippen LogP contribution in [0.4, 0.5) is 9.18 Å². The molecule has 17 heavy (non-hydrogen) atoms. The number of carbonyl (C=O) groups is 2. The lowest BCUT2D eigenvalue weighted by molar-refractivity contribution is 0.0950. The van der Waals surface area contributed by atoms with E-state index in [1.165, 1.54) is 12.1 Å². The number of nitrogens with one attached hydrogen (secondary N) is 2. The van der Waals surface area contributed by atoms with Crippen LogP contribution in [0.25, 0.3) is 0 Å². The summed E-state index contributed by atoms with van der Waals surface area (Å²) < 4.78 is 13.2. The van der Waals surface area contributed by atoms with Gasteiger partial charge in [-0.15, -0.1) is 0 Å². The normalized spacial score (nSPS) is 9.71. The summed E-state index contributed by atoms with van der Waals surface area (Å²) in [4.78, 5) is 21.8. The highest BCUT2D eigenvalue weighted by Gasteiger charge is 2.11. The minimum atomic E-state index is -0.814. The number of halogens is 1. The Kier molecular flexibility index (Phi) is 4.27. The number of rotatable bonds is 4. The third-order valence-electron chi connectivity index (χ3n) is 1.91. The van der Waals surface area contributed by atoms with E-state index in [9.17, 15) is 14.0 Å². The molecule has 0 fully saturated rings. The lowest BCUT2D eigenvalue weighted by atomic mass is 10.2. The Morgan fingerprint density at radius 3 is 2.53 bits per heavy atom. The summed E-state index contributed by atoms with van der Waals surface area (Å²) >= 11 is 0. The smallest absolute Gasteiger partial charge is 0.312 e. The molecule has 0 spiro atoms. The van der Waals surface area contributed by atoms with E-state index in [2.05, 4.69) is 10.6 Å². The monoisotopic (exact) mass is 241 g/mol. The maximum atomic E-state index is 13.2. The molecule has 0 aliphatic carbocycles. The topological polar surface area (TPSA) is 104 Å². The quantitative estimate of drug-likeness (QED) is 0.554. The summed E-state index contributed by atoms with van der Waals surface area (Å²) in [5, 5.41) is 13.6. The zero-order valence-electron chi connectivity index (χ0n) is 8.87. The number of urea groups is 1. The van der Waals surface area contributed by atoms with Crippen LogP contribution in [0.2, 0.25) is 0 Å². The zero-order valence-corrected chi connectivity index (χ0v) is 8.87. The van der Waals surface area contributed by atoms with Crippen molar-refractivity contribution in [3.8, 4) is 5.75 Å². The van der Waals surface area contributed by atoms with Crippen molar-refractivity contribution in [2.24, 2.45) is 5.73 Å². The number of hydrogen-bond acceptors (Lipinski definition) is 3. The van der Waals surface area contributed by atoms with Crippen molar-refractivity contribution in [1.29, 1.82) is 0 Å². The van der Waals surface area contributed by atoms with Crippen LogP contribution in [-0.4, -0.2) is 30.1 Å². The predicted molar refractivity (Wildman–Crippen MR) is 58.0 cm³/mol. The van der Waals surface area contributed by atoms with Crippen molar-refractivity contribution in [1.82, 2.24) is 10.6 Å². The first-order chi connectivity index (χ1) is 8.00. The summed E-state index contributed by atoms with van der Waals surface area (Å²) in [5.74, 6) is -1.70. The highest BCUT2D eigenvalue weighted by molar-refractivity contribution is 5.94. The van der Waals surface area contributed by atoms with Crippen LogP contribution in [0, 0.1) is 5.82 Å². The Labute approximate surface area is 96.6 Å². The van der Waals surface area contributed by atoms with Gasteiger partial charge in [0.15, 0.2) is 0 Å². The molecule has 6 nitrogen and oxygen atoms in total. The summed E-state index contributed by atoms with van der Waals surface area (Å²) in [7, 11) is 0. The number of benzene rings is 1. The van der Waals surface area contributed by atoms with E-state index < -0.39 is 17.8 Å². The van der Waals surface area contributed by atoms with Gasteiger partial charge in [-0.2, -0.15) is 0 Å². The molecular weight excluding hydrogens is 229 g/mol. The maximum absolute atomic E-state index is 13.2. The van der Waals surface area contributed by atoms with Crippen molar-refractivity contribution < 1.29 is 19.1 Å². The molecule has 7 heteroatoms. The van der Waals surface area contributed by atoms with Gasteiger partial charge in [-0.05, 0) is 12.1 Å². The zero-order chi connectivity index (χ0) is 12.8. The second-order valence-electron chi connectivity index (χ2n) is 3.21. The Balaban J connectivity index is 2.50. The van der Waals surface area contributed by atoms with Gasteiger partial charge >= 0.3 is 6.03 Å². The van der Waals surface area contributed by atoms with Crippen LogP contribution in [0.15, 0.2) is 18.2 Å². The maximum Gasteiger partial charge on any atom is 0.312 e. The minimum Gasteiger partial charge on any atom is -0.508 e. The first-order valence-electron chi connectivity index (χ1n) is 4.80. The number of phenols is 1. The third kappa shape index (κ3) is 3.98. The molecule has 0 heterocycles. The number of amides is 3. The number of hydrogen-bond donors (Lipinski definition) is 4. The number of nitrogens with two attached hydrogens (primary N) is 1. The number of carbonyl (C=O) groups excluding carboxylic acids is 2. The Morgan fingerprint density at radius 1 is 1.29 bits per heavy atom. The van der Waals surface area contributed by atoms with E-state index >= 15 is 0 Å². The summed E-state index contributed by atoms with van der Waals surface area (Å²) in [6, 6.07) is 2.52. The van der Waals surface area contributed by atoms with E-state index in [1.807, 2.05) is 0 Å². The first kappa shape index (κ1) is 12.8. The fourth-order valence-corrected chi connectivity index (χ4v) is 1.15. The summed E-state index contributed by atoms with van der Waals surface area (Å²) in [5.41, 5.74) is 4.63. The predicted octanol–water partition coefficient (Wildman–Crippen LogP) is -0.0706. The highest BCUT2D eigenvalue weighted by atomic mass is 19.1. The van der Waals surface area contributed by atoms with Gasteiger partial charge in [-0.3, -0.25) is 4.79 Å². The van der Waals surface area contributed by atoms with Crippen LogP contribution < -0.4 is 16.4 Å². The molecule has 0 saturated carbocycles. The lowest BCUT2D eigenvalue weighted by Gasteiger charge is -2.06. The number of primary amides is 1. The van der Waals surface area contributed by atoms with Crippen molar-refractivity contribution in [3.63, 3.8) is 0 Å². The third-order valence-corrected chi connectivity index (χ3v) is 1.91. The molecule has 1 aromatic carbocycles. The molecule has 5 N–H and O–H groups in total. The van der Waals surface area contributed by atoms with E-state index in [1.54, 1.807) is 0 Å². The van der Waals surface area contributed by atoms with Gasteiger partial charge in [-0.25, -0.2) is 9.18 Å². The largest absolute Gasteiger partial charge is 0.508 e. The van der Waals surface area contributed by atoms with Crippen molar-refractivity contribution in [3.05, 3.63) is 29.6 Å². The minimum absolute atomic E-state index is 0.127. The molecule has 0 aliphatic rings. The molecule has 0 aliphatic heterocycles. The van der Waals surface area contributed by atoms with Gasteiger partial charge in [0.1, 0.15) is 11.6 Å². The SMILES string of the molecule is NC(=O)NCCNC(=O)c1ccc(O)cc1F. The molecular formula is C10H12FN3O3. The van der Waals surface area contributed by atoms with E-state index in [-0.39, 0.29) is 24.4 Å². The molecule has 0 saturated heterocycles. The first-order valence-corrected chi connectivity index (χ1v) is 4.80. The lowest BCUT2D eigenvalue weighted by Crippen LogP contribution is -2.37. The van der Waals surface area contributed by atoms with E-state index in [0.717, 1.165) is 6.07 Å². The van der Waals surface area contributed by atoms with Gasteiger partial charge in [-0.1, -0.05) is 0 Å². The molecule has 3 amide bonds. The van der Waals surface area contributed by atoms with Crippen LogP contribution in [0.1, 0.15) is 10.4 Å². The van der Waals surface area contributed by atoms with Gasteiger partial charge in [0.25, 0.3) is 5.91 Å². The van der Waals surface area contributed by atoms with Crippen molar-refractivity contribution in [2.75, 3.05) is 13.1 Å². The van der Waals surface area contributed by atoms with Crippen LogP contribution in [0.3, 0.4) is 0 Å². The molecule has 92 valence electrons. The second-order valence-corrected chi connectivity index (χ2v) is 3.21. The molecule has 0 radical (unpaired) electrons. The van der Waals surface area contributed by atoms with E-state index in [0.29, 0.717) is 0 Å². The molecule has 1 rings (SSSR count). The van der Waals surface area contributed by atoms with Gasteiger partial charge < -0.3 is 21.5 Å². The summed E-state index contributed by atoms with van der Waals surface area (Å²) in [6.45, 7) is 0.281. The molecule has 0 unspecified atom stereocenters. The molecule has 0 aromatic heterocycles.